The lowest BCUT2D eigenvalue weighted by Gasteiger charge is -2.35. The summed E-state index contributed by atoms with van der Waals surface area (Å²) in [5.74, 6) is 0.742. The lowest BCUT2D eigenvalue weighted by molar-refractivity contribution is -0.133. The third-order valence-corrected chi connectivity index (χ3v) is 5.17. The van der Waals surface area contributed by atoms with E-state index < -0.39 is 0 Å². The number of piperazine rings is 1. The molecule has 2 heterocycles. The van der Waals surface area contributed by atoms with Gasteiger partial charge >= 0.3 is 0 Å². The van der Waals surface area contributed by atoms with E-state index >= 15 is 0 Å². The molecule has 1 atom stereocenters. The number of amides is 1. The van der Waals surface area contributed by atoms with E-state index in [1.807, 2.05) is 23.4 Å². The van der Waals surface area contributed by atoms with Crippen LogP contribution in [-0.4, -0.2) is 46.9 Å². The number of aryl methyl sites for hydroxylation is 1. The molecule has 1 saturated heterocycles. The molecule has 2 aromatic rings. The zero-order valence-electron chi connectivity index (χ0n) is 15.7. The monoisotopic (exact) mass is 351 g/mol. The average Bonchev–Trinajstić information content (AvgIpc) is 2.68. The Kier molecular flexibility index (Phi) is 6.78. The number of rotatable bonds is 7. The van der Waals surface area contributed by atoms with Crippen molar-refractivity contribution in [2.24, 2.45) is 5.92 Å². The minimum atomic E-state index is 0.314. The van der Waals surface area contributed by atoms with Crippen LogP contribution in [0, 0.1) is 5.92 Å². The van der Waals surface area contributed by atoms with Gasteiger partial charge < -0.3 is 4.90 Å². The number of benzene rings is 1. The van der Waals surface area contributed by atoms with E-state index in [4.69, 9.17) is 0 Å². The van der Waals surface area contributed by atoms with E-state index in [0.29, 0.717) is 18.2 Å². The van der Waals surface area contributed by atoms with Gasteiger partial charge in [-0.15, -0.1) is 0 Å². The molecule has 1 fully saturated rings. The van der Waals surface area contributed by atoms with Crippen LogP contribution in [-0.2, 0) is 17.8 Å². The number of aromatic nitrogens is 1. The highest BCUT2D eigenvalue weighted by Crippen LogP contribution is 2.16. The van der Waals surface area contributed by atoms with Gasteiger partial charge in [0.1, 0.15) is 0 Å². The summed E-state index contributed by atoms with van der Waals surface area (Å²) in [5, 5.41) is 0. The predicted molar refractivity (Wildman–Crippen MR) is 105 cm³/mol. The van der Waals surface area contributed by atoms with Crippen molar-refractivity contribution < 1.29 is 4.79 Å². The van der Waals surface area contributed by atoms with Crippen LogP contribution in [0.15, 0.2) is 54.9 Å². The Labute approximate surface area is 156 Å². The topological polar surface area (TPSA) is 36.4 Å². The number of hydrogen-bond acceptors (Lipinski definition) is 3. The van der Waals surface area contributed by atoms with Crippen LogP contribution in [0.1, 0.15) is 30.9 Å². The number of carbonyl (C=O) groups is 1. The lowest BCUT2D eigenvalue weighted by Crippen LogP contribution is -2.48. The molecule has 3 rings (SSSR count). The largest absolute Gasteiger partial charge is 0.340 e. The third-order valence-electron chi connectivity index (χ3n) is 5.17. The van der Waals surface area contributed by atoms with Crippen LogP contribution in [0.2, 0.25) is 0 Å². The molecule has 0 spiro atoms. The molecule has 0 N–H and O–H groups in total. The summed E-state index contributed by atoms with van der Waals surface area (Å²) in [4.78, 5) is 21.1. The molecular formula is C22H29N3O. The summed E-state index contributed by atoms with van der Waals surface area (Å²) in [6.07, 6.45) is 6.46. The zero-order chi connectivity index (χ0) is 18.2. The van der Waals surface area contributed by atoms with Crippen molar-refractivity contribution in [2.75, 3.05) is 26.2 Å². The van der Waals surface area contributed by atoms with Gasteiger partial charge in [0.05, 0.1) is 0 Å². The standard InChI is InChI=1S/C22H29N3O/c1-19(7-8-20-5-3-2-4-6-20)17-22(26)25-15-13-24(14-16-25)18-21-9-11-23-12-10-21/h2-6,9-12,19H,7-8,13-18H2,1H3. The molecule has 0 radical (unpaired) electrons. The lowest BCUT2D eigenvalue weighted by atomic mass is 9.97. The Hall–Kier alpha value is -2.20. The Morgan fingerprint density at radius 2 is 1.69 bits per heavy atom. The number of carbonyl (C=O) groups excluding carboxylic acids is 1. The summed E-state index contributed by atoms with van der Waals surface area (Å²) >= 11 is 0. The fraction of sp³-hybridized carbons (Fsp3) is 0.455. The summed E-state index contributed by atoms with van der Waals surface area (Å²) in [5.41, 5.74) is 2.64. The first-order chi connectivity index (χ1) is 12.7. The van der Waals surface area contributed by atoms with Gasteiger partial charge in [-0.1, -0.05) is 37.3 Å². The van der Waals surface area contributed by atoms with E-state index in [9.17, 15) is 4.79 Å². The van der Waals surface area contributed by atoms with E-state index in [1.54, 1.807) is 0 Å². The molecule has 1 aromatic heterocycles. The smallest absolute Gasteiger partial charge is 0.222 e. The first-order valence-corrected chi connectivity index (χ1v) is 9.63. The van der Waals surface area contributed by atoms with Crippen LogP contribution in [0.4, 0.5) is 0 Å². The summed E-state index contributed by atoms with van der Waals surface area (Å²) in [6.45, 7) is 6.72. The molecule has 0 bridgehead atoms. The van der Waals surface area contributed by atoms with Gasteiger partial charge in [0, 0.05) is 51.5 Å². The van der Waals surface area contributed by atoms with Gasteiger partial charge in [-0.3, -0.25) is 14.7 Å². The molecule has 0 saturated carbocycles. The fourth-order valence-corrected chi connectivity index (χ4v) is 3.49. The highest BCUT2D eigenvalue weighted by Gasteiger charge is 2.22. The second-order valence-corrected chi connectivity index (χ2v) is 7.35. The molecule has 0 aliphatic carbocycles. The summed E-state index contributed by atoms with van der Waals surface area (Å²) in [7, 11) is 0. The molecule has 4 nitrogen and oxygen atoms in total. The molecule has 138 valence electrons. The number of pyridine rings is 1. The molecule has 26 heavy (non-hydrogen) atoms. The first-order valence-electron chi connectivity index (χ1n) is 9.63. The van der Waals surface area contributed by atoms with Crippen molar-refractivity contribution >= 4 is 5.91 Å². The minimum Gasteiger partial charge on any atom is -0.340 e. The van der Waals surface area contributed by atoms with Crippen molar-refractivity contribution in [3.63, 3.8) is 0 Å². The highest BCUT2D eigenvalue weighted by atomic mass is 16.2. The van der Waals surface area contributed by atoms with Crippen LogP contribution < -0.4 is 0 Å². The minimum absolute atomic E-state index is 0.314. The summed E-state index contributed by atoms with van der Waals surface area (Å²) < 4.78 is 0. The van der Waals surface area contributed by atoms with Crippen LogP contribution in [0.25, 0.3) is 0 Å². The van der Waals surface area contributed by atoms with E-state index in [1.165, 1.54) is 11.1 Å². The second kappa shape index (κ2) is 9.48. The van der Waals surface area contributed by atoms with Crippen LogP contribution >= 0.6 is 0 Å². The normalized spacial score (nSPS) is 16.4. The van der Waals surface area contributed by atoms with E-state index in [0.717, 1.165) is 45.6 Å². The molecule has 1 aromatic carbocycles. The van der Waals surface area contributed by atoms with Crippen molar-refractivity contribution in [3.8, 4) is 0 Å². The van der Waals surface area contributed by atoms with Crippen molar-refractivity contribution in [3.05, 3.63) is 66.0 Å². The van der Waals surface area contributed by atoms with Crippen molar-refractivity contribution in [1.82, 2.24) is 14.8 Å². The number of hydrogen-bond donors (Lipinski definition) is 0. The zero-order valence-corrected chi connectivity index (χ0v) is 15.7. The predicted octanol–water partition coefficient (Wildman–Crippen LogP) is 3.38. The molecular weight excluding hydrogens is 322 g/mol. The van der Waals surface area contributed by atoms with Gasteiger partial charge in [-0.2, -0.15) is 0 Å². The van der Waals surface area contributed by atoms with Crippen LogP contribution in [0.5, 0.6) is 0 Å². The quantitative estimate of drug-likeness (QED) is 0.767. The van der Waals surface area contributed by atoms with Gasteiger partial charge in [-0.25, -0.2) is 0 Å². The third kappa shape index (κ3) is 5.67. The average molecular weight is 351 g/mol. The molecule has 1 aliphatic rings. The molecule has 4 heteroatoms. The maximum Gasteiger partial charge on any atom is 0.222 e. The van der Waals surface area contributed by atoms with Gasteiger partial charge in [0.15, 0.2) is 0 Å². The number of nitrogens with zero attached hydrogens (tertiary/aromatic N) is 3. The Morgan fingerprint density at radius 1 is 1.00 bits per heavy atom. The van der Waals surface area contributed by atoms with E-state index in [-0.39, 0.29) is 0 Å². The Balaban J connectivity index is 1.37. The van der Waals surface area contributed by atoms with Crippen molar-refractivity contribution in [1.29, 1.82) is 0 Å². The Morgan fingerprint density at radius 3 is 2.38 bits per heavy atom. The maximum atomic E-state index is 12.6. The van der Waals surface area contributed by atoms with Gasteiger partial charge in [0.2, 0.25) is 5.91 Å². The molecule has 1 unspecified atom stereocenters. The maximum absolute atomic E-state index is 12.6. The fourth-order valence-electron chi connectivity index (χ4n) is 3.49. The van der Waals surface area contributed by atoms with Gasteiger partial charge in [0.25, 0.3) is 0 Å². The Bertz CT molecular complexity index is 666. The highest BCUT2D eigenvalue weighted by molar-refractivity contribution is 5.76. The van der Waals surface area contributed by atoms with Gasteiger partial charge in [-0.05, 0) is 42.0 Å². The molecule has 1 amide bonds. The first kappa shape index (κ1) is 18.6. The van der Waals surface area contributed by atoms with Crippen LogP contribution in [0.3, 0.4) is 0 Å². The molecule has 1 aliphatic heterocycles. The SMILES string of the molecule is CC(CCc1ccccc1)CC(=O)N1CCN(Cc2ccncc2)CC1. The summed E-state index contributed by atoms with van der Waals surface area (Å²) in [6, 6.07) is 14.7. The second-order valence-electron chi connectivity index (χ2n) is 7.35. The van der Waals surface area contributed by atoms with Crippen molar-refractivity contribution in [2.45, 2.75) is 32.7 Å². The van der Waals surface area contributed by atoms with E-state index in [2.05, 4.69) is 53.2 Å².